The summed E-state index contributed by atoms with van der Waals surface area (Å²) in [6, 6.07) is 1.21. The predicted octanol–water partition coefficient (Wildman–Crippen LogP) is 1.64. The molecule has 0 aromatic carbocycles. The molecule has 1 saturated carbocycles. The first-order valence-electron chi connectivity index (χ1n) is 5.99. The molecular weight excluding hydrogens is 226 g/mol. The summed E-state index contributed by atoms with van der Waals surface area (Å²) in [5.74, 6) is 5.09. The highest BCUT2D eigenvalue weighted by Gasteiger charge is 2.22. The molecule has 0 spiro atoms. The highest BCUT2D eigenvalue weighted by molar-refractivity contribution is 5.03. The lowest BCUT2D eigenvalue weighted by Crippen LogP contribution is -2.42. The standard InChI is InChI=1S/C11H18F2N4/c12-11(13)10(15-14)7-8-5-6-17(16-8)9-3-1-2-4-9/h5-6,9-11,15H,1-4,7,14H2. The molecule has 0 bridgehead atoms. The van der Waals surface area contributed by atoms with Crippen molar-refractivity contribution in [3.05, 3.63) is 18.0 Å². The van der Waals surface area contributed by atoms with Gasteiger partial charge in [-0.3, -0.25) is 16.0 Å². The van der Waals surface area contributed by atoms with Gasteiger partial charge in [-0.15, -0.1) is 0 Å². The number of alkyl halides is 2. The first kappa shape index (κ1) is 12.4. The molecule has 0 aliphatic heterocycles. The zero-order chi connectivity index (χ0) is 12.3. The van der Waals surface area contributed by atoms with E-state index in [4.69, 9.17) is 5.84 Å². The van der Waals surface area contributed by atoms with Gasteiger partial charge in [-0.1, -0.05) is 12.8 Å². The van der Waals surface area contributed by atoms with Crippen molar-refractivity contribution in [3.63, 3.8) is 0 Å². The fraction of sp³-hybridized carbons (Fsp3) is 0.727. The van der Waals surface area contributed by atoms with E-state index in [0.29, 0.717) is 11.7 Å². The van der Waals surface area contributed by atoms with Gasteiger partial charge in [0.05, 0.1) is 17.8 Å². The average molecular weight is 244 g/mol. The lowest BCUT2D eigenvalue weighted by molar-refractivity contribution is 0.0979. The van der Waals surface area contributed by atoms with Gasteiger partial charge in [0.25, 0.3) is 6.43 Å². The van der Waals surface area contributed by atoms with Crippen LogP contribution in [0, 0.1) is 0 Å². The van der Waals surface area contributed by atoms with E-state index in [1.54, 1.807) is 6.07 Å². The quantitative estimate of drug-likeness (QED) is 0.611. The number of aromatic nitrogens is 2. The molecule has 2 rings (SSSR count). The Morgan fingerprint density at radius 2 is 2.18 bits per heavy atom. The topological polar surface area (TPSA) is 55.9 Å². The van der Waals surface area contributed by atoms with Crippen LogP contribution in [0.1, 0.15) is 37.4 Å². The van der Waals surface area contributed by atoms with Crippen LogP contribution in [0.4, 0.5) is 8.78 Å². The minimum atomic E-state index is -2.48. The van der Waals surface area contributed by atoms with E-state index in [1.807, 2.05) is 10.9 Å². The molecule has 0 saturated heterocycles. The molecule has 1 unspecified atom stereocenters. The van der Waals surface area contributed by atoms with Crippen LogP contribution in [0.3, 0.4) is 0 Å². The van der Waals surface area contributed by atoms with Gasteiger partial charge in [0.15, 0.2) is 0 Å². The maximum Gasteiger partial charge on any atom is 0.255 e. The molecule has 1 aliphatic rings. The van der Waals surface area contributed by atoms with Crippen molar-refractivity contribution in [1.29, 1.82) is 0 Å². The van der Waals surface area contributed by atoms with Crippen LogP contribution >= 0.6 is 0 Å². The van der Waals surface area contributed by atoms with E-state index in [9.17, 15) is 8.78 Å². The summed E-state index contributed by atoms with van der Waals surface area (Å²) in [7, 11) is 0. The number of nitrogens with two attached hydrogens (primary N) is 1. The number of nitrogens with one attached hydrogen (secondary N) is 1. The van der Waals surface area contributed by atoms with Crippen molar-refractivity contribution in [1.82, 2.24) is 15.2 Å². The fourth-order valence-corrected chi connectivity index (χ4v) is 2.30. The lowest BCUT2D eigenvalue weighted by atomic mass is 10.2. The predicted molar refractivity (Wildman–Crippen MR) is 60.6 cm³/mol. The number of hydrogen-bond acceptors (Lipinski definition) is 3. The number of halogens is 2. The second-order valence-electron chi connectivity index (χ2n) is 4.54. The summed E-state index contributed by atoms with van der Waals surface area (Å²) < 4.78 is 26.9. The van der Waals surface area contributed by atoms with Crippen LogP contribution in [0.15, 0.2) is 12.3 Å². The van der Waals surface area contributed by atoms with E-state index in [-0.39, 0.29) is 6.42 Å². The van der Waals surface area contributed by atoms with Crippen LogP contribution in [0.2, 0.25) is 0 Å². The number of hydrazine groups is 1. The number of nitrogens with zero attached hydrogens (tertiary/aromatic N) is 2. The smallest absolute Gasteiger partial charge is 0.255 e. The zero-order valence-electron chi connectivity index (χ0n) is 9.65. The molecule has 1 aromatic rings. The molecular formula is C11H18F2N4. The second-order valence-corrected chi connectivity index (χ2v) is 4.54. The minimum Gasteiger partial charge on any atom is -0.271 e. The van der Waals surface area contributed by atoms with Crippen molar-refractivity contribution in [2.75, 3.05) is 0 Å². The first-order chi connectivity index (χ1) is 8.20. The van der Waals surface area contributed by atoms with Crippen molar-refractivity contribution < 1.29 is 8.78 Å². The average Bonchev–Trinajstić information content (AvgIpc) is 2.95. The molecule has 1 fully saturated rings. The minimum absolute atomic E-state index is 0.161. The van der Waals surface area contributed by atoms with Gasteiger partial charge in [0.2, 0.25) is 0 Å². The third-order valence-electron chi connectivity index (χ3n) is 3.31. The summed E-state index contributed by atoms with van der Waals surface area (Å²) >= 11 is 0. The summed E-state index contributed by atoms with van der Waals surface area (Å²) in [5, 5.41) is 4.35. The Balaban J connectivity index is 1.97. The Kier molecular flexibility index (Phi) is 4.06. The van der Waals surface area contributed by atoms with E-state index in [2.05, 4.69) is 10.5 Å². The molecule has 1 atom stereocenters. The summed E-state index contributed by atoms with van der Waals surface area (Å²) in [6.07, 6.45) is 4.28. The Morgan fingerprint density at radius 1 is 1.47 bits per heavy atom. The Hall–Kier alpha value is -1.01. The van der Waals surface area contributed by atoms with Crippen LogP contribution in [0.25, 0.3) is 0 Å². The van der Waals surface area contributed by atoms with Gasteiger partial charge in [0.1, 0.15) is 0 Å². The van der Waals surface area contributed by atoms with E-state index < -0.39 is 12.5 Å². The SMILES string of the molecule is NNC(Cc1ccn(C2CCCC2)n1)C(F)F. The molecule has 4 nitrogen and oxygen atoms in total. The van der Waals surface area contributed by atoms with Crippen molar-refractivity contribution in [2.45, 2.75) is 50.6 Å². The Morgan fingerprint density at radius 3 is 2.76 bits per heavy atom. The van der Waals surface area contributed by atoms with Crippen molar-refractivity contribution in [3.8, 4) is 0 Å². The van der Waals surface area contributed by atoms with Crippen LogP contribution < -0.4 is 11.3 Å². The first-order valence-corrected chi connectivity index (χ1v) is 5.99. The molecule has 0 radical (unpaired) electrons. The fourth-order valence-electron chi connectivity index (χ4n) is 2.30. The molecule has 1 aliphatic carbocycles. The normalized spacial score (nSPS) is 19.1. The van der Waals surface area contributed by atoms with Gasteiger partial charge in [-0.05, 0) is 18.9 Å². The highest BCUT2D eigenvalue weighted by atomic mass is 19.3. The van der Waals surface area contributed by atoms with Crippen molar-refractivity contribution >= 4 is 0 Å². The maximum atomic E-state index is 12.5. The van der Waals surface area contributed by atoms with Crippen LogP contribution in [-0.4, -0.2) is 22.2 Å². The molecule has 17 heavy (non-hydrogen) atoms. The third-order valence-corrected chi connectivity index (χ3v) is 3.31. The Bertz CT molecular complexity index is 347. The zero-order valence-corrected chi connectivity index (χ0v) is 9.65. The molecule has 0 amide bonds. The summed E-state index contributed by atoms with van der Waals surface area (Å²) in [4.78, 5) is 0. The number of rotatable bonds is 5. The molecule has 1 heterocycles. The van der Waals surface area contributed by atoms with Gasteiger partial charge in [0, 0.05) is 12.6 Å². The second kappa shape index (κ2) is 5.55. The monoisotopic (exact) mass is 244 g/mol. The van der Waals surface area contributed by atoms with Gasteiger partial charge < -0.3 is 0 Å². The lowest BCUT2D eigenvalue weighted by Gasteiger charge is -2.13. The van der Waals surface area contributed by atoms with Crippen molar-refractivity contribution in [2.24, 2.45) is 5.84 Å². The number of hydrogen-bond donors (Lipinski definition) is 2. The molecule has 1 aromatic heterocycles. The van der Waals surface area contributed by atoms with Gasteiger partial charge in [-0.2, -0.15) is 5.10 Å². The molecule has 96 valence electrons. The Labute approximate surface area is 99.1 Å². The van der Waals surface area contributed by atoms with Crippen LogP contribution in [0.5, 0.6) is 0 Å². The van der Waals surface area contributed by atoms with E-state index in [0.717, 1.165) is 12.8 Å². The van der Waals surface area contributed by atoms with Gasteiger partial charge >= 0.3 is 0 Å². The largest absolute Gasteiger partial charge is 0.271 e. The van der Waals surface area contributed by atoms with E-state index in [1.165, 1.54) is 12.8 Å². The maximum absolute atomic E-state index is 12.5. The third kappa shape index (κ3) is 3.01. The molecule has 6 heteroatoms. The summed E-state index contributed by atoms with van der Waals surface area (Å²) in [6.45, 7) is 0. The van der Waals surface area contributed by atoms with Crippen LogP contribution in [-0.2, 0) is 6.42 Å². The molecule has 3 N–H and O–H groups in total. The summed E-state index contributed by atoms with van der Waals surface area (Å²) in [5.41, 5.74) is 2.80. The van der Waals surface area contributed by atoms with Gasteiger partial charge in [-0.25, -0.2) is 8.78 Å². The highest BCUT2D eigenvalue weighted by Crippen LogP contribution is 2.28. The van der Waals surface area contributed by atoms with E-state index >= 15 is 0 Å².